The quantitative estimate of drug-likeness (QED) is 0.853. The molecule has 1 aliphatic rings. The summed E-state index contributed by atoms with van der Waals surface area (Å²) in [6.07, 6.45) is 5.10. The Morgan fingerprint density at radius 1 is 1.38 bits per heavy atom. The SMILES string of the molecule is Cc1nn(CCO[C@H]2CCCC[C@H]2C)c(=O)c(C#N)c1C. The van der Waals surface area contributed by atoms with Crippen LogP contribution >= 0.6 is 0 Å². The van der Waals surface area contributed by atoms with Crippen molar-refractivity contribution in [3.63, 3.8) is 0 Å². The number of rotatable bonds is 4. The molecule has 1 fully saturated rings. The van der Waals surface area contributed by atoms with Crippen LogP contribution in [0.25, 0.3) is 0 Å². The summed E-state index contributed by atoms with van der Waals surface area (Å²) >= 11 is 0. The molecule has 1 heterocycles. The van der Waals surface area contributed by atoms with Crippen LogP contribution in [-0.4, -0.2) is 22.5 Å². The van der Waals surface area contributed by atoms with Crippen molar-refractivity contribution >= 4 is 0 Å². The zero-order valence-corrected chi connectivity index (χ0v) is 13.1. The van der Waals surface area contributed by atoms with Crippen molar-refractivity contribution in [2.45, 2.75) is 59.1 Å². The summed E-state index contributed by atoms with van der Waals surface area (Å²) in [6, 6.07) is 1.98. The maximum Gasteiger partial charge on any atom is 0.285 e. The van der Waals surface area contributed by atoms with Crippen molar-refractivity contribution in [3.05, 3.63) is 27.2 Å². The second-order valence-corrected chi connectivity index (χ2v) is 5.90. The number of ether oxygens (including phenoxy) is 1. The molecule has 114 valence electrons. The maximum atomic E-state index is 12.1. The summed E-state index contributed by atoms with van der Waals surface area (Å²) in [5.41, 5.74) is 1.26. The van der Waals surface area contributed by atoms with E-state index in [0.717, 1.165) is 12.1 Å². The third-order valence-electron chi connectivity index (χ3n) is 4.42. The van der Waals surface area contributed by atoms with E-state index in [4.69, 9.17) is 10.00 Å². The van der Waals surface area contributed by atoms with E-state index < -0.39 is 0 Å². The summed E-state index contributed by atoms with van der Waals surface area (Å²) in [4.78, 5) is 12.1. The van der Waals surface area contributed by atoms with Gasteiger partial charge in [-0.1, -0.05) is 19.8 Å². The molecule has 0 saturated heterocycles. The molecular formula is C16H23N3O2. The van der Waals surface area contributed by atoms with Crippen LogP contribution in [0.2, 0.25) is 0 Å². The maximum absolute atomic E-state index is 12.1. The third kappa shape index (κ3) is 3.51. The number of aryl methyl sites for hydroxylation is 1. The third-order valence-corrected chi connectivity index (χ3v) is 4.42. The minimum atomic E-state index is -0.319. The van der Waals surface area contributed by atoms with Crippen molar-refractivity contribution in [3.8, 4) is 6.07 Å². The smallest absolute Gasteiger partial charge is 0.285 e. The van der Waals surface area contributed by atoms with Gasteiger partial charge < -0.3 is 4.74 Å². The van der Waals surface area contributed by atoms with Crippen molar-refractivity contribution in [2.75, 3.05) is 6.61 Å². The molecule has 0 unspecified atom stereocenters. The molecule has 0 radical (unpaired) electrons. The average molecular weight is 289 g/mol. The van der Waals surface area contributed by atoms with Crippen molar-refractivity contribution in [2.24, 2.45) is 5.92 Å². The molecule has 0 aromatic carbocycles. The fourth-order valence-corrected chi connectivity index (χ4v) is 2.88. The second kappa shape index (κ2) is 6.86. The van der Waals surface area contributed by atoms with Crippen LogP contribution in [0.5, 0.6) is 0 Å². The molecule has 0 N–H and O–H groups in total. The van der Waals surface area contributed by atoms with E-state index in [2.05, 4.69) is 12.0 Å². The van der Waals surface area contributed by atoms with Crippen LogP contribution in [-0.2, 0) is 11.3 Å². The molecular weight excluding hydrogens is 266 g/mol. The highest BCUT2D eigenvalue weighted by Gasteiger charge is 2.21. The topological polar surface area (TPSA) is 67.9 Å². The molecule has 1 aromatic heterocycles. The summed E-state index contributed by atoms with van der Waals surface area (Å²) in [5.74, 6) is 0.581. The van der Waals surface area contributed by atoms with Gasteiger partial charge in [0.2, 0.25) is 0 Å². The normalized spacial score (nSPS) is 22.0. The molecule has 5 heteroatoms. The first-order valence-electron chi connectivity index (χ1n) is 7.64. The van der Waals surface area contributed by atoms with Gasteiger partial charge in [-0.2, -0.15) is 10.4 Å². The van der Waals surface area contributed by atoms with Crippen LogP contribution in [0.4, 0.5) is 0 Å². The predicted octanol–water partition coefficient (Wildman–Crippen LogP) is 2.33. The zero-order chi connectivity index (χ0) is 15.4. The first kappa shape index (κ1) is 15.7. The second-order valence-electron chi connectivity index (χ2n) is 5.90. The van der Waals surface area contributed by atoms with Gasteiger partial charge in [0.1, 0.15) is 11.6 Å². The molecule has 5 nitrogen and oxygen atoms in total. The first-order chi connectivity index (χ1) is 10.0. The van der Waals surface area contributed by atoms with Crippen LogP contribution in [0.1, 0.15) is 49.4 Å². The van der Waals surface area contributed by atoms with Crippen molar-refractivity contribution in [1.82, 2.24) is 9.78 Å². The fraction of sp³-hybridized carbons (Fsp3) is 0.688. The lowest BCUT2D eigenvalue weighted by molar-refractivity contribution is -0.00974. The summed E-state index contributed by atoms with van der Waals surface area (Å²) in [5, 5.41) is 13.3. The Balaban J connectivity index is 2.02. The number of hydrogen-bond donors (Lipinski definition) is 0. The van der Waals surface area contributed by atoms with E-state index in [0.29, 0.717) is 24.6 Å². The first-order valence-corrected chi connectivity index (χ1v) is 7.64. The molecule has 0 spiro atoms. The molecule has 2 atom stereocenters. The van der Waals surface area contributed by atoms with Gasteiger partial charge in [0.15, 0.2) is 0 Å². The molecule has 0 aliphatic heterocycles. The van der Waals surface area contributed by atoms with Gasteiger partial charge in [0.25, 0.3) is 5.56 Å². The fourth-order valence-electron chi connectivity index (χ4n) is 2.88. The molecule has 2 rings (SSSR count). The molecule has 1 saturated carbocycles. The lowest BCUT2D eigenvalue weighted by Gasteiger charge is -2.28. The van der Waals surface area contributed by atoms with Gasteiger partial charge in [-0.15, -0.1) is 0 Å². The Morgan fingerprint density at radius 3 is 2.76 bits per heavy atom. The lowest BCUT2D eigenvalue weighted by atomic mass is 9.88. The van der Waals surface area contributed by atoms with Crippen LogP contribution < -0.4 is 5.56 Å². The van der Waals surface area contributed by atoms with E-state index in [9.17, 15) is 4.79 Å². The number of aromatic nitrogens is 2. The number of nitriles is 1. The molecule has 0 bridgehead atoms. The Morgan fingerprint density at radius 2 is 2.10 bits per heavy atom. The van der Waals surface area contributed by atoms with Gasteiger partial charge in [-0.3, -0.25) is 4.79 Å². The van der Waals surface area contributed by atoms with Crippen molar-refractivity contribution < 1.29 is 4.74 Å². The van der Waals surface area contributed by atoms with Gasteiger partial charge in [-0.05, 0) is 38.2 Å². The Labute approximate surface area is 125 Å². The highest BCUT2D eigenvalue weighted by molar-refractivity contribution is 5.36. The predicted molar refractivity (Wildman–Crippen MR) is 80.1 cm³/mol. The van der Waals surface area contributed by atoms with Crippen LogP contribution in [0.3, 0.4) is 0 Å². The standard InChI is InChI=1S/C16H23N3O2/c1-11-6-4-5-7-15(11)21-9-8-19-16(20)14(10-17)12(2)13(3)18-19/h11,15H,4-9H2,1-3H3/t11-,15+/m1/s1. The minimum Gasteiger partial charge on any atom is -0.376 e. The Bertz CT molecular complexity index is 601. The van der Waals surface area contributed by atoms with E-state index in [-0.39, 0.29) is 17.2 Å². The Kier molecular flexibility index (Phi) is 5.13. The van der Waals surface area contributed by atoms with Gasteiger partial charge >= 0.3 is 0 Å². The van der Waals surface area contributed by atoms with Gasteiger partial charge in [0, 0.05) is 0 Å². The average Bonchev–Trinajstić information content (AvgIpc) is 2.47. The van der Waals surface area contributed by atoms with Gasteiger partial charge in [0.05, 0.1) is 24.9 Å². The minimum absolute atomic E-state index is 0.188. The largest absolute Gasteiger partial charge is 0.376 e. The molecule has 0 amide bonds. The zero-order valence-electron chi connectivity index (χ0n) is 13.1. The summed E-state index contributed by atoms with van der Waals surface area (Å²) in [6.45, 7) is 6.66. The summed E-state index contributed by atoms with van der Waals surface area (Å²) < 4.78 is 7.27. The van der Waals surface area contributed by atoms with E-state index >= 15 is 0 Å². The Hall–Kier alpha value is -1.67. The highest BCUT2D eigenvalue weighted by Crippen LogP contribution is 2.26. The van der Waals surface area contributed by atoms with Crippen LogP contribution in [0, 0.1) is 31.1 Å². The van der Waals surface area contributed by atoms with Gasteiger partial charge in [-0.25, -0.2) is 4.68 Å². The lowest BCUT2D eigenvalue weighted by Crippen LogP contribution is -2.31. The highest BCUT2D eigenvalue weighted by atomic mass is 16.5. The monoisotopic (exact) mass is 289 g/mol. The van der Waals surface area contributed by atoms with E-state index in [1.54, 1.807) is 6.92 Å². The van der Waals surface area contributed by atoms with E-state index in [1.165, 1.54) is 23.9 Å². The molecule has 1 aliphatic carbocycles. The molecule has 21 heavy (non-hydrogen) atoms. The molecule has 1 aromatic rings. The van der Waals surface area contributed by atoms with Crippen LogP contribution in [0.15, 0.2) is 4.79 Å². The van der Waals surface area contributed by atoms with E-state index in [1.807, 2.05) is 13.0 Å². The number of nitrogens with zero attached hydrogens (tertiary/aromatic N) is 3. The summed E-state index contributed by atoms with van der Waals surface area (Å²) in [7, 11) is 0. The number of hydrogen-bond acceptors (Lipinski definition) is 4. The van der Waals surface area contributed by atoms with Crippen molar-refractivity contribution in [1.29, 1.82) is 5.26 Å².